The Balaban J connectivity index is 1.75. The van der Waals surface area contributed by atoms with Crippen molar-refractivity contribution in [3.05, 3.63) is 52.7 Å². The van der Waals surface area contributed by atoms with Crippen LogP contribution in [0.3, 0.4) is 0 Å². The number of ether oxygens (including phenoxy) is 2. The number of benzene rings is 1. The SMILES string of the molecule is COCCN(Cc1ccsc1)C(=O)NCCOc1ccccc1. The van der Waals surface area contributed by atoms with Crippen LogP contribution in [-0.2, 0) is 11.3 Å². The van der Waals surface area contributed by atoms with Crippen LogP contribution in [0.25, 0.3) is 0 Å². The summed E-state index contributed by atoms with van der Waals surface area (Å²) in [6, 6.07) is 11.5. The van der Waals surface area contributed by atoms with Gasteiger partial charge in [-0.2, -0.15) is 11.3 Å². The molecule has 0 spiro atoms. The first kappa shape index (κ1) is 17.3. The topological polar surface area (TPSA) is 50.8 Å². The van der Waals surface area contributed by atoms with Crippen molar-refractivity contribution in [3.63, 3.8) is 0 Å². The van der Waals surface area contributed by atoms with Crippen LogP contribution in [0.5, 0.6) is 5.75 Å². The van der Waals surface area contributed by atoms with Crippen LogP contribution < -0.4 is 10.1 Å². The molecule has 2 rings (SSSR count). The van der Waals surface area contributed by atoms with Gasteiger partial charge in [-0.1, -0.05) is 18.2 Å². The van der Waals surface area contributed by atoms with Gasteiger partial charge in [0.25, 0.3) is 0 Å². The minimum absolute atomic E-state index is 0.107. The van der Waals surface area contributed by atoms with Gasteiger partial charge < -0.3 is 19.7 Å². The van der Waals surface area contributed by atoms with Gasteiger partial charge in [0.05, 0.1) is 13.2 Å². The number of methoxy groups -OCH3 is 1. The van der Waals surface area contributed by atoms with Crippen LogP contribution in [0.4, 0.5) is 4.79 Å². The number of nitrogens with one attached hydrogen (secondary N) is 1. The number of rotatable bonds is 9. The Morgan fingerprint density at radius 2 is 2.04 bits per heavy atom. The fraction of sp³-hybridized carbons (Fsp3) is 0.353. The maximum atomic E-state index is 12.3. The van der Waals surface area contributed by atoms with Crippen LogP contribution in [0, 0.1) is 0 Å². The molecule has 23 heavy (non-hydrogen) atoms. The quantitative estimate of drug-likeness (QED) is 0.717. The zero-order chi connectivity index (χ0) is 16.3. The van der Waals surface area contributed by atoms with Crippen LogP contribution in [-0.4, -0.2) is 44.3 Å². The summed E-state index contributed by atoms with van der Waals surface area (Å²) in [6.07, 6.45) is 0. The molecule has 0 aliphatic heterocycles. The number of hydrogen-bond acceptors (Lipinski definition) is 4. The highest BCUT2D eigenvalue weighted by molar-refractivity contribution is 7.07. The largest absolute Gasteiger partial charge is 0.492 e. The lowest BCUT2D eigenvalue weighted by atomic mass is 10.3. The lowest BCUT2D eigenvalue weighted by Gasteiger charge is -2.22. The fourth-order valence-electron chi connectivity index (χ4n) is 2.01. The summed E-state index contributed by atoms with van der Waals surface area (Å²) in [5.41, 5.74) is 1.13. The summed E-state index contributed by atoms with van der Waals surface area (Å²) in [4.78, 5) is 14.0. The first-order valence-corrected chi connectivity index (χ1v) is 8.44. The third kappa shape index (κ3) is 6.30. The van der Waals surface area contributed by atoms with Crippen LogP contribution >= 0.6 is 11.3 Å². The van der Waals surface area contributed by atoms with Gasteiger partial charge in [0.1, 0.15) is 12.4 Å². The van der Waals surface area contributed by atoms with Gasteiger partial charge in [0, 0.05) is 20.2 Å². The molecule has 0 saturated carbocycles. The second kappa shape index (κ2) is 9.86. The molecule has 0 atom stereocenters. The Labute approximate surface area is 140 Å². The van der Waals surface area contributed by atoms with Crippen molar-refractivity contribution < 1.29 is 14.3 Å². The van der Waals surface area contributed by atoms with Crippen molar-refractivity contribution in [1.82, 2.24) is 10.2 Å². The van der Waals surface area contributed by atoms with Gasteiger partial charge in [-0.3, -0.25) is 0 Å². The lowest BCUT2D eigenvalue weighted by Crippen LogP contribution is -2.42. The number of hydrogen-bond donors (Lipinski definition) is 1. The summed E-state index contributed by atoms with van der Waals surface area (Å²) in [5.74, 6) is 0.802. The third-order valence-electron chi connectivity index (χ3n) is 3.20. The van der Waals surface area contributed by atoms with E-state index in [4.69, 9.17) is 9.47 Å². The van der Waals surface area contributed by atoms with Crippen molar-refractivity contribution >= 4 is 17.4 Å². The van der Waals surface area contributed by atoms with Crippen molar-refractivity contribution in [1.29, 1.82) is 0 Å². The Morgan fingerprint density at radius 1 is 1.22 bits per heavy atom. The molecule has 1 N–H and O–H groups in total. The summed E-state index contributed by atoms with van der Waals surface area (Å²) < 4.78 is 10.6. The second-order valence-electron chi connectivity index (χ2n) is 4.94. The third-order valence-corrected chi connectivity index (χ3v) is 3.93. The van der Waals surface area contributed by atoms with Crippen molar-refractivity contribution in [3.8, 4) is 5.75 Å². The molecule has 2 amide bonds. The molecule has 0 bridgehead atoms. The van der Waals surface area contributed by atoms with E-state index in [0.717, 1.165) is 11.3 Å². The van der Waals surface area contributed by atoms with Gasteiger partial charge in [0.15, 0.2) is 0 Å². The first-order chi connectivity index (χ1) is 11.3. The molecule has 1 aromatic carbocycles. The highest BCUT2D eigenvalue weighted by Gasteiger charge is 2.13. The molecule has 0 fully saturated rings. The molecule has 0 radical (unpaired) electrons. The highest BCUT2D eigenvalue weighted by atomic mass is 32.1. The number of carbonyl (C=O) groups excluding carboxylic acids is 1. The van der Waals surface area contributed by atoms with E-state index in [1.807, 2.05) is 47.2 Å². The van der Waals surface area contributed by atoms with Crippen LogP contribution in [0.1, 0.15) is 5.56 Å². The minimum Gasteiger partial charge on any atom is -0.492 e. The molecule has 5 nitrogen and oxygen atoms in total. The molecular formula is C17H22N2O3S. The fourth-order valence-corrected chi connectivity index (χ4v) is 2.67. The normalized spacial score (nSPS) is 10.3. The summed E-state index contributed by atoms with van der Waals surface area (Å²) >= 11 is 1.63. The molecule has 124 valence electrons. The van der Waals surface area contributed by atoms with Crippen LogP contribution in [0.15, 0.2) is 47.2 Å². The van der Waals surface area contributed by atoms with Crippen molar-refractivity contribution in [2.24, 2.45) is 0 Å². The highest BCUT2D eigenvalue weighted by Crippen LogP contribution is 2.10. The standard InChI is InChI=1S/C17H22N2O3S/c1-21-11-9-19(13-15-7-12-23-14-15)17(20)18-8-10-22-16-5-3-2-4-6-16/h2-7,12,14H,8-11,13H2,1H3,(H,18,20). The maximum Gasteiger partial charge on any atom is 0.317 e. The number of urea groups is 1. The number of nitrogens with zero attached hydrogens (tertiary/aromatic N) is 1. The summed E-state index contributed by atoms with van der Waals surface area (Å²) in [6.45, 7) is 2.54. The van der Waals surface area contributed by atoms with E-state index < -0.39 is 0 Å². The Kier molecular flexibility index (Phi) is 7.42. The number of carbonyl (C=O) groups is 1. The minimum atomic E-state index is -0.107. The van der Waals surface area contributed by atoms with E-state index in [0.29, 0.717) is 32.8 Å². The molecule has 0 aliphatic carbocycles. The Bertz CT molecular complexity index is 560. The monoisotopic (exact) mass is 334 g/mol. The van der Waals surface area contributed by atoms with E-state index in [9.17, 15) is 4.79 Å². The molecule has 0 aliphatic rings. The predicted molar refractivity (Wildman–Crippen MR) is 91.9 cm³/mol. The van der Waals surface area contributed by atoms with E-state index in [1.54, 1.807) is 23.3 Å². The average Bonchev–Trinajstić information content (AvgIpc) is 3.09. The molecule has 1 heterocycles. The Hall–Kier alpha value is -2.05. The molecule has 6 heteroatoms. The summed E-state index contributed by atoms with van der Waals surface area (Å²) in [7, 11) is 1.63. The van der Waals surface area contributed by atoms with E-state index in [-0.39, 0.29) is 6.03 Å². The zero-order valence-corrected chi connectivity index (χ0v) is 14.1. The van der Waals surface area contributed by atoms with Gasteiger partial charge in [-0.05, 0) is 34.5 Å². The maximum absolute atomic E-state index is 12.3. The Morgan fingerprint density at radius 3 is 2.74 bits per heavy atom. The predicted octanol–water partition coefficient (Wildman–Crippen LogP) is 2.99. The van der Waals surface area contributed by atoms with E-state index in [1.165, 1.54) is 0 Å². The molecule has 0 unspecified atom stereocenters. The van der Waals surface area contributed by atoms with E-state index in [2.05, 4.69) is 5.32 Å². The average molecular weight is 334 g/mol. The second-order valence-corrected chi connectivity index (χ2v) is 5.72. The van der Waals surface area contributed by atoms with Gasteiger partial charge >= 0.3 is 6.03 Å². The summed E-state index contributed by atoms with van der Waals surface area (Å²) in [5, 5.41) is 6.94. The first-order valence-electron chi connectivity index (χ1n) is 7.50. The molecule has 2 aromatic rings. The molecule has 1 aromatic heterocycles. The van der Waals surface area contributed by atoms with Gasteiger partial charge in [0.2, 0.25) is 0 Å². The van der Waals surface area contributed by atoms with Gasteiger partial charge in [-0.25, -0.2) is 4.79 Å². The molecular weight excluding hydrogens is 312 g/mol. The van der Waals surface area contributed by atoms with Crippen molar-refractivity contribution in [2.45, 2.75) is 6.54 Å². The lowest BCUT2D eigenvalue weighted by molar-refractivity contribution is 0.145. The van der Waals surface area contributed by atoms with E-state index >= 15 is 0 Å². The van der Waals surface area contributed by atoms with Gasteiger partial charge in [-0.15, -0.1) is 0 Å². The van der Waals surface area contributed by atoms with Crippen molar-refractivity contribution in [2.75, 3.05) is 33.4 Å². The van der Waals surface area contributed by atoms with Crippen LogP contribution in [0.2, 0.25) is 0 Å². The molecule has 0 saturated heterocycles. The number of para-hydroxylation sites is 1. The number of thiophene rings is 1. The zero-order valence-electron chi connectivity index (χ0n) is 13.2. The smallest absolute Gasteiger partial charge is 0.317 e. The number of amides is 2.